The minimum Gasteiger partial charge on any atom is -0.459 e. The third-order valence-electron chi connectivity index (χ3n) is 5.50. The molecule has 0 unspecified atom stereocenters. The summed E-state index contributed by atoms with van der Waals surface area (Å²) in [5.74, 6) is -0.0384. The number of hydrogen-bond acceptors (Lipinski definition) is 4. The van der Waals surface area contributed by atoms with E-state index in [1.54, 1.807) is 0 Å². The molecule has 1 aliphatic carbocycles. The maximum absolute atomic E-state index is 12.7. The van der Waals surface area contributed by atoms with E-state index in [9.17, 15) is 14.4 Å². The predicted molar refractivity (Wildman–Crippen MR) is 98.8 cm³/mol. The summed E-state index contributed by atoms with van der Waals surface area (Å²) in [7, 11) is 0. The number of carbonyl (C=O) groups excluding carboxylic acids is 3. The zero-order valence-corrected chi connectivity index (χ0v) is 15.3. The smallest absolute Gasteiger partial charge is 0.325 e. The molecule has 1 saturated heterocycles. The second-order valence-corrected chi connectivity index (χ2v) is 7.44. The fourth-order valence-electron chi connectivity index (χ4n) is 4.03. The number of nitrogens with zero attached hydrogens (tertiary/aromatic N) is 1. The van der Waals surface area contributed by atoms with Crippen molar-refractivity contribution in [2.45, 2.75) is 50.6 Å². The van der Waals surface area contributed by atoms with E-state index in [1.165, 1.54) is 0 Å². The number of urea groups is 1. The second-order valence-electron chi connectivity index (χ2n) is 7.44. The Morgan fingerprint density at radius 3 is 2.74 bits per heavy atom. The lowest BCUT2D eigenvalue weighted by Gasteiger charge is -2.30. The zero-order valence-electron chi connectivity index (χ0n) is 15.3. The van der Waals surface area contributed by atoms with Crippen molar-refractivity contribution >= 4 is 28.8 Å². The van der Waals surface area contributed by atoms with Crippen LogP contribution in [0.4, 0.5) is 4.79 Å². The topological polar surface area (TPSA) is 91.7 Å². The molecule has 142 valence electrons. The van der Waals surface area contributed by atoms with Crippen molar-refractivity contribution in [2.75, 3.05) is 6.54 Å². The van der Waals surface area contributed by atoms with Gasteiger partial charge in [-0.3, -0.25) is 14.5 Å². The normalized spacial score (nSPS) is 20.1. The quantitative estimate of drug-likeness (QED) is 0.811. The summed E-state index contributed by atoms with van der Waals surface area (Å²) < 4.78 is 5.76. The number of fused-ring (bicyclic) bond motifs is 1. The van der Waals surface area contributed by atoms with Gasteiger partial charge in [0.15, 0.2) is 0 Å². The molecule has 1 aliphatic heterocycles. The molecule has 7 heteroatoms. The Morgan fingerprint density at radius 2 is 2.00 bits per heavy atom. The van der Waals surface area contributed by atoms with Crippen molar-refractivity contribution in [1.82, 2.24) is 15.5 Å². The number of nitrogens with one attached hydrogen (secondary N) is 2. The van der Waals surface area contributed by atoms with Crippen LogP contribution in [0.5, 0.6) is 0 Å². The van der Waals surface area contributed by atoms with Crippen LogP contribution < -0.4 is 10.6 Å². The molecule has 2 fully saturated rings. The van der Waals surface area contributed by atoms with Crippen molar-refractivity contribution in [3.8, 4) is 0 Å². The monoisotopic (exact) mass is 369 g/mol. The van der Waals surface area contributed by atoms with Gasteiger partial charge in [-0.05, 0) is 31.9 Å². The highest BCUT2D eigenvalue weighted by molar-refractivity contribution is 6.09. The molecule has 0 radical (unpaired) electrons. The number of benzene rings is 1. The van der Waals surface area contributed by atoms with Gasteiger partial charge in [0, 0.05) is 5.39 Å². The van der Waals surface area contributed by atoms with Crippen LogP contribution in [0, 0.1) is 0 Å². The van der Waals surface area contributed by atoms with Crippen LogP contribution in [0.1, 0.15) is 50.8 Å². The predicted octanol–water partition coefficient (Wildman–Crippen LogP) is 2.86. The van der Waals surface area contributed by atoms with Crippen LogP contribution in [0.3, 0.4) is 0 Å². The van der Waals surface area contributed by atoms with Crippen LogP contribution in [-0.2, 0) is 9.59 Å². The van der Waals surface area contributed by atoms with Gasteiger partial charge in [0.25, 0.3) is 5.91 Å². The van der Waals surface area contributed by atoms with Gasteiger partial charge in [0.1, 0.15) is 23.4 Å². The molecule has 0 bridgehead atoms. The molecular weight excluding hydrogens is 346 g/mol. The Bertz CT molecular complexity index is 865. The number of amides is 4. The van der Waals surface area contributed by atoms with Crippen LogP contribution in [-0.4, -0.2) is 34.8 Å². The fraction of sp³-hybridized carbons (Fsp3) is 0.450. The molecule has 2 heterocycles. The first-order valence-electron chi connectivity index (χ1n) is 9.40. The van der Waals surface area contributed by atoms with Crippen LogP contribution in [0.2, 0.25) is 0 Å². The van der Waals surface area contributed by atoms with Crippen LogP contribution >= 0.6 is 0 Å². The molecule has 1 aromatic carbocycles. The van der Waals surface area contributed by atoms with Gasteiger partial charge < -0.3 is 15.1 Å². The molecule has 1 saturated carbocycles. The van der Waals surface area contributed by atoms with Gasteiger partial charge in [-0.1, -0.05) is 37.5 Å². The van der Waals surface area contributed by atoms with Crippen molar-refractivity contribution in [2.24, 2.45) is 0 Å². The molecule has 4 rings (SSSR count). The minimum atomic E-state index is -0.806. The molecule has 2 aromatic rings. The highest BCUT2D eigenvalue weighted by Crippen LogP contribution is 2.33. The lowest BCUT2D eigenvalue weighted by molar-refractivity contribution is -0.136. The number of carbonyl (C=O) groups is 3. The van der Waals surface area contributed by atoms with E-state index in [0.29, 0.717) is 18.6 Å². The summed E-state index contributed by atoms with van der Waals surface area (Å²) in [6, 6.07) is 8.65. The van der Waals surface area contributed by atoms with E-state index < -0.39 is 11.6 Å². The van der Waals surface area contributed by atoms with E-state index in [4.69, 9.17) is 4.42 Å². The molecule has 1 spiro atoms. The average molecular weight is 369 g/mol. The van der Waals surface area contributed by atoms with E-state index in [-0.39, 0.29) is 24.4 Å². The van der Waals surface area contributed by atoms with E-state index in [0.717, 1.165) is 35.1 Å². The third kappa shape index (κ3) is 3.18. The van der Waals surface area contributed by atoms with Gasteiger partial charge >= 0.3 is 6.03 Å². The third-order valence-corrected chi connectivity index (χ3v) is 5.50. The lowest BCUT2D eigenvalue weighted by Crippen LogP contribution is -2.49. The summed E-state index contributed by atoms with van der Waals surface area (Å²) >= 11 is 0. The van der Waals surface area contributed by atoms with Gasteiger partial charge in [-0.15, -0.1) is 0 Å². The van der Waals surface area contributed by atoms with Gasteiger partial charge in [0.2, 0.25) is 5.91 Å². The number of para-hydroxylation sites is 1. The first-order chi connectivity index (χ1) is 13.0. The Balaban J connectivity index is 1.41. The first kappa shape index (κ1) is 17.6. The standard InChI is InChI=1S/C20H23N3O4/c1-13(16-11-14-7-3-4-8-15(14)27-16)21-17(24)12-23-18(25)20(22-19(23)26)9-5-2-6-10-20/h3-4,7-8,11,13H,2,5-6,9-10,12H2,1H3,(H,21,24)(H,22,26)/t13-/m0/s1. The second kappa shape index (κ2) is 6.72. The summed E-state index contributed by atoms with van der Waals surface area (Å²) in [6.07, 6.45) is 4.18. The highest BCUT2D eigenvalue weighted by Gasteiger charge is 2.51. The molecule has 2 aliphatic rings. The first-order valence-corrected chi connectivity index (χ1v) is 9.40. The molecule has 1 atom stereocenters. The SMILES string of the molecule is C[C@H](NC(=O)CN1C(=O)NC2(CCCCC2)C1=O)c1cc2ccccc2o1. The van der Waals surface area contributed by atoms with Gasteiger partial charge in [-0.25, -0.2) is 4.79 Å². The number of rotatable bonds is 4. The lowest BCUT2D eigenvalue weighted by atomic mass is 9.82. The summed E-state index contributed by atoms with van der Waals surface area (Å²) in [6.45, 7) is 1.53. The van der Waals surface area contributed by atoms with E-state index in [1.807, 2.05) is 37.3 Å². The Morgan fingerprint density at radius 1 is 1.26 bits per heavy atom. The van der Waals surface area contributed by atoms with Crippen molar-refractivity contribution in [1.29, 1.82) is 0 Å². The molecule has 7 nitrogen and oxygen atoms in total. The summed E-state index contributed by atoms with van der Waals surface area (Å²) in [5, 5.41) is 6.59. The minimum absolute atomic E-state index is 0.279. The number of imide groups is 1. The van der Waals surface area contributed by atoms with E-state index in [2.05, 4.69) is 10.6 Å². The Hall–Kier alpha value is -2.83. The van der Waals surface area contributed by atoms with Crippen molar-refractivity contribution in [3.63, 3.8) is 0 Å². The maximum atomic E-state index is 12.7. The summed E-state index contributed by atoms with van der Waals surface area (Å²) in [5.41, 5.74) is -0.0538. The largest absolute Gasteiger partial charge is 0.459 e. The van der Waals surface area contributed by atoms with Crippen LogP contribution in [0.25, 0.3) is 11.0 Å². The Kier molecular flexibility index (Phi) is 4.37. The average Bonchev–Trinajstić information content (AvgIpc) is 3.18. The molecule has 1 aromatic heterocycles. The van der Waals surface area contributed by atoms with Crippen molar-refractivity contribution < 1.29 is 18.8 Å². The molecule has 27 heavy (non-hydrogen) atoms. The number of hydrogen-bond donors (Lipinski definition) is 2. The van der Waals surface area contributed by atoms with Crippen LogP contribution in [0.15, 0.2) is 34.7 Å². The molecular formula is C20H23N3O4. The molecule has 2 N–H and O–H groups in total. The fourth-order valence-corrected chi connectivity index (χ4v) is 4.03. The molecule has 4 amide bonds. The summed E-state index contributed by atoms with van der Waals surface area (Å²) in [4.78, 5) is 38.5. The van der Waals surface area contributed by atoms with Gasteiger partial charge in [-0.2, -0.15) is 0 Å². The van der Waals surface area contributed by atoms with Crippen molar-refractivity contribution in [3.05, 3.63) is 36.1 Å². The Labute approximate surface area is 157 Å². The maximum Gasteiger partial charge on any atom is 0.325 e. The zero-order chi connectivity index (χ0) is 19.0. The van der Waals surface area contributed by atoms with E-state index >= 15 is 0 Å². The number of furan rings is 1. The van der Waals surface area contributed by atoms with Gasteiger partial charge in [0.05, 0.1) is 6.04 Å². The highest BCUT2D eigenvalue weighted by atomic mass is 16.3.